The second kappa shape index (κ2) is 3.81. The standard InChI is InChI=1S/C9H10FNO3/c10-7-1-2-8-9(6(7)5-14-11)13-4-3-12-8/h1-2H,3-5,11H2. The van der Waals surface area contributed by atoms with Gasteiger partial charge < -0.3 is 9.47 Å². The van der Waals surface area contributed by atoms with Crippen LogP contribution in [0.15, 0.2) is 12.1 Å². The molecule has 0 fully saturated rings. The molecule has 1 aromatic carbocycles. The van der Waals surface area contributed by atoms with Gasteiger partial charge in [0.15, 0.2) is 11.5 Å². The molecule has 1 heterocycles. The summed E-state index contributed by atoms with van der Waals surface area (Å²) in [6.45, 7) is 0.855. The van der Waals surface area contributed by atoms with Crippen LogP contribution in [0.3, 0.4) is 0 Å². The summed E-state index contributed by atoms with van der Waals surface area (Å²) < 4.78 is 23.9. The Morgan fingerprint density at radius 1 is 1.36 bits per heavy atom. The number of fused-ring (bicyclic) bond motifs is 1. The lowest BCUT2D eigenvalue weighted by Gasteiger charge is -2.20. The van der Waals surface area contributed by atoms with E-state index in [0.29, 0.717) is 30.3 Å². The van der Waals surface area contributed by atoms with Gasteiger partial charge in [0.25, 0.3) is 0 Å². The first kappa shape index (κ1) is 9.23. The number of halogens is 1. The first-order valence-electron chi connectivity index (χ1n) is 4.21. The zero-order valence-electron chi connectivity index (χ0n) is 7.46. The Morgan fingerprint density at radius 3 is 2.93 bits per heavy atom. The summed E-state index contributed by atoms with van der Waals surface area (Å²) in [7, 11) is 0. The van der Waals surface area contributed by atoms with Crippen molar-refractivity contribution in [2.24, 2.45) is 5.90 Å². The van der Waals surface area contributed by atoms with Crippen LogP contribution in [-0.4, -0.2) is 13.2 Å². The van der Waals surface area contributed by atoms with Crippen LogP contribution < -0.4 is 15.4 Å². The van der Waals surface area contributed by atoms with Gasteiger partial charge in [-0.15, -0.1) is 0 Å². The average molecular weight is 199 g/mol. The predicted octanol–water partition coefficient (Wildman–Crippen LogP) is 0.987. The van der Waals surface area contributed by atoms with E-state index in [1.54, 1.807) is 0 Å². The molecule has 0 bridgehead atoms. The fourth-order valence-corrected chi connectivity index (χ4v) is 1.37. The third-order valence-corrected chi connectivity index (χ3v) is 1.98. The lowest BCUT2D eigenvalue weighted by molar-refractivity contribution is 0.112. The highest BCUT2D eigenvalue weighted by Crippen LogP contribution is 2.35. The summed E-state index contributed by atoms with van der Waals surface area (Å²) in [4.78, 5) is 4.40. The maximum absolute atomic E-state index is 13.3. The van der Waals surface area contributed by atoms with E-state index in [9.17, 15) is 4.39 Å². The summed E-state index contributed by atoms with van der Waals surface area (Å²) in [6.07, 6.45) is 0. The Hall–Kier alpha value is -1.33. The highest BCUT2D eigenvalue weighted by molar-refractivity contribution is 5.47. The van der Waals surface area contributed by atoms with Crippen LogP contribution in [-0.2, 0) is 11.4 Å². The third-order valence-electron chi connectivity index (χ3n) is 1.98. The van der Waals surface area contributed by atoms with Gasteiger partial charge in [-0.25, -0.2) is 10.3 Å². The Labute approximate surface area is 80.3 Å². The normalized spacial score (nSPS) is 14.1. The first-order valence-corrected chi connectivity index (χ1v) is 4.21. The van der Waals surface area contributed by atoms with Crippen LogP contribution >= 0.6 is 0 Å². The minimum atomic E-state index is -0.403. The molecule has 5 heteroatoms. The minimum Gasteiger partial charge on any atom is -0.486 e. The number of hydrogen-bond donors (Lipinski definition) is 1. The molecule has 2 N–H and O–H groups in total. The number of hydrogen-bond acceptors (Lipinski definition) is 4. The third kappa shape index (κ3) is 1.51. The summed E-state index contributed by atoms with van der Waals surface area (Å²) >= 11 is 0. The lowest BCUT2D eigenvalue weighted by atomic mass is 10.1. The van der Waals surface area contributed by atoms with Gasteiger partial charge in [-0.3, -0.25) is 4.84 Å². The Balaban J connectivity index is 2.43. The Morgan fingerprint density at radius 2 is 2.14 bits per heavy atom. The molecule has 0 saturated heterocycles. The monoisotopic (exact) mass is 199 g/mol. The maximum Gasteiger partial charge on any atom is 0.169 e. The molecule has 0 radical (unpaired) electrons. The highest BCUT2D eigenvalue weighted by atomic mass is 19.1. The van der Waals surface area contributed by atoms with E-state index in [2.05, 4.69) is 4.84 Å². The van der Waals surface area contributed by atoms with Gasteiger partial charge in [0.05, 0.1) is 12.2 Å². The minimum absolute atomic E-state index is 0.0294. The molecule has 1 aromatic rings. The fourth-order valence-electron chi connectivity index (χ4n) is 1.37. The van der Waals surface area contributed by atoms with Crippen molar-refractivity contribution in [3.8, 4) is 11.5 Å². The Kier molecular flexibility index (Phi) is 2.51. The van der Waals surface area contributed by atoms with Crippen molar-refractivity contribution in [3.63, 3.8) is 0 Å². The zero-order chi connectivity index (χ0) is 9.97. The van der Waals surface area contributed by atoms with Gasteiger partial charge in [-0.05, 0) is 12.1 Å². The first-order chi connectivity index (χ1) is 6.83. The summed E-state index contributed by atoms with van der Waals surface area (Å²) in [5.41, 5.74) is 0.296. The number of ether oxygens (including phenoxy) is 2. The van der Waals surface area contributed by atoms with E-state index in [0.717, 1.165) is 0 Å². The van der Waals surface area contributed by atoms with Crippen LogP contribution in [0.5, 0.6) is 11.5 Å². The molecule has 14 heavy (non-hydrogen) atoms. The molecule has 0 aromatic heterocycles. The van der Waals surface area contributed by atoms with Crippen LogP contribution in [0, 0.1) is 5.82 Å². The van der Waals surface area contributed by atoms with Gasteiger partial charge in [0.2, 0.25) is 0 Å². The lowest BCUT2D eigenvalue weighted by Crippen LogP contribution is -2.17. The largest absolute Gasteiger partial charge is 0.486 e. The van der Waals surface area contributed by atoms with Gasteiger partial charge in [0, 0.05) is 0 Å². The van der Waals surface area contributed by atoms with Crippen LogP contribution in [0.4, 0.5) is 4.39 Å². The quantitative estimate of drug-likeness (QED) is 0.721. The van der Waals surface area contributed by atoms with Crippen molar-refractivity contribution in [1.82, 2.24) is 0 Å². The topological polar surface area (TPSA) is 53.7 Å². The van der Waals surface area contributed by atoms with Gasteiger partial charge >= 0.3 is 0 Å². The molecule has 0 unspecified atom stereocenters. The summed E-state index contributed by atoms with van der Waals surface area (Å²) in [5.74, 6) is 5.42. The zero-order valence-corrected chi connectivity index (χ0v) is 7.46. The van der Waals surface area contributed by atoms with Crippen molar-refractivity contribution in [1.29, 1.82) is 0 Å². The van der Waals surface area contributed by atoms with E-state index in [1.165, 1.54) is 12.1 Å². The molecular formula is C9H10FNO3. The second-order valence-corrected chi connectivity index (χ2v) is 2.86. The second-order valence-electron chi connectivity index (χ2n) is 2.86. The molecule has 2 rings (SSSR count). The van der Waals surface area contributed by atoms with E-state index in [1.807, 2.05) is 0 Å². The highest BCUT2D eigenvalue weighted by Gasteiger charge is 2.19. The van der Waals surface area contributed by atoms with Crippen molar-refractivity contribution in [2.45, 2.75) is 6.61 Å². The molecule has 0 atom stereocenters. The summed E-state index contributed by atoms with van der Waals surface area (Å²) in [6, 6.07) is 2.84. The molecule has 0 saturated carbocycles. The van der Waals surface area contributed by atoms with Crippen LogP contribution in [0.2, 0.25) is 0 Å². The molecule has 1 aliphatic rings. The van der Waals surface area contributed by atoms with Crippen LogP contribution in [0.25, 0.3) is 0 Å². The fraction of sp³-hybridized carbons (Fsp3) is 0.333. The molecule has 0 spiro atoms. The van der Waals surface area contributed by atoms with Gasteiger partial charge in [-0.2, -0.15) is 0 Å². The van der Waals surface area contributed by atoms with Crippen molar-refractivity contribution in [3.05, 3.63) is 23.5 Å². The van der Waals surface area contributed by atoms with E-state index >= 15 is 0 Å². The predicted molar refractivity (Wildman–Crippen MR) is 46.4 cm³/mol. The van der Waals surface area contributed by atoms with E-state index in [-0.39, 0.29) is 6.61 Å². The Bertz CT molecular complexity index is 343. The molecule has 1 aliphatic heterocycles. The maximum atomic E-state index is 13.3. The summed E-state index contributed by atoms with van der Waals surface area (Å²) in [5, 5.41) is 0. The van der Waals surface area contributed by atoms with Gasteiger partial charge in [-0.1, -0.05) is 0 Å². The molecule has 4 nitrogen and oxygen atoms in total. The molecular weight excluding hydrogens is 189 g/mol. The molecule has 76 valence electrons. The van der Waals surface area contributed by atoms with E-state index in [4.69, 9.17) is 15.4 Å². The number of nitrogens with two attached hydrogens (primary N) is 1. The smallest absolute Gasteiger partial charge is 0.169 e. The van der Waals surface area contributed by atoms with Crippen molar-refractivity contribution < 1.29 is 18.7 Å². The molecule has 0 aliphatic carbocycles. The number of benzene rings is 1. The van der Waals surface area contributed by atoms with Crippen LogP contribution in [0.1, 0.15) is 5.56 Å². The SMILES string of the molecule is NOCc1c(F)ccc2c1OCCO2. The molecule has 0 amide bonds. The van der Waals surface area contributed by atoms with E-state index < -0.39 is 5.82 Å². The number of rotatable bonds is 2. The van der Waals surface area contributed by atoms with Crippen molar-refractivity contribution >= 4 is 0 Å². The van der Waals surface area contributed by atoms with Crippen molar-refractivity contribution in [2.75, 3.05) is 13.2 Å². The van der Waals surface area contributed by atoms with Gasteiger partial charge in [0.1, 0.15) is 19.0 Å². The average Bonchev–Trinajstić information content (AvgIpc) is 2.23.